The van der Waals surface area contributed by atoms with E-state index < -0.39 is 74.5 Å². The van der Waals surface area contributed by atoms with Crippen LogP contribution in [0.25, 0.3) is 0 Å². The Morgan fingerprint density at radius 1 is 0.329 bits per heavy atom. The zero-order valence-electron chi connectivity index (χ0n) is 85.4. The highest BCUT2D eigenvalue weighted by molar-refractivity contribution is 9.11. The molecule has 0 aliphatic rings. The second-order valence-corrected chi connectivity index (χ2v) is 41.5. The van der Waals surface area contributed by atoms with Gasteiger partial charge in [0.2, 0.25) is 29.5 Å². The van der Waals surface area contributed by atoms with E-state index >= 15 is 0 Å². The molecule has 0 saturated carbocycles. The molecule has 0 fully saturated rings. The van der Waals surface area contributed by atoms with Crippen LogP contribution in [0.5, 0.6) is 17.2 Å². The van der Waals surface area contributed by atoms with Crippen molar-refractivity contribution in [2.24, 2.45) is 5.73 Å². The number of rotatable bonds is 37. The van der Waals surface area contributed by atoms with E-state index in [0.717, 1.165) is 78.1 Å². The minimum Gasteiger partial charge on any atom is -0.497 e. The third-order valence-electron chi connectivity index (χ3n) is 26.3. The van der Waals surface area contributed by atoms with E-state index in [-0.39, 0.29) is 97.5 Å². The van der Waals surface area contributed by atoms with E-state index in [0.29, 0.717) is 59.3 Å². The molecule has 0 saturated heterocycles. The van der Waals surface area contributed by atoms with Crippen LogP contribution in [0, 0.1) is 34.6 Å². The number of nitrogens with zero attached hydrogens (tertiary/aromatic N) is 3. The van der Waals surface area contributed by atoms with Gasteiger partial charge in [-0.1, -0.05) is 230 Å². The first-order valence-corrected chi connectivity index (χ1v) is 50.0. The molecule has 26 nitrogen and oxygen atoms in total. The fourth-order valence-corrected chi connectivity index (χ4v) is 17.2. The Balaban J connectivity index is 0.000000210. The van der Waals surface area contributed by atoms with Crippen molar-refractivity contribution >= 4 is 112 Å². The number of esters is 2. The lowest BCUT2D eigenvalue weighted by molar-refractivity contribution is -0.151. The number of carbonyl (C=O) groups excluding carboxylic acids is 7. The van der Waals surface area contributed by atoms with E-state index in [1.165, 1.54) is 13.7 Å². The molecule has 8 N–H and O–H groups in total. The Hall–Kier alpha value is -14.4. The molecular formula is C117H126Br3N9O17. The van der Waals surface area contributed by atoms with Gasteiger partial charge in [0.25, 0.3) is 16.7 Å². The van der Waals surface area contributed by atoms with Crippen LogP contribution in [0.15, 0.2) is 301 Å². The summed E-state index contributed by atoms with van der Waals surface area (Å²) < 4.78 is 33.4. The number of amides is 5. The summed E-state index contributed by atoms with van der Waals surface area (Å²) in [5.41, 5.74) is 14.9. The predicted molar refractivity (Wildman–Crippen MR) is 581 cm³/mol. The summed E-state index contributed by atoms with van der Waals surface area (Å²) in [5, 5.41) is 24.0. The van der Waals surface area contributed by atoms with Gasteiger partial charge in [0.1, 0.15) is 59.6 Å². The first-order valence-electron chi connectivity index (χ1n) is 47.6. The van der Waals surface area contributed by atoms with Gasteiger partial charge < -0.3 is 74.8 Å². The highest BCUT2D eigenvalue weighted by Gasteiger charge is 2.39. The standard InChI is InChI=1S/C45H48BrN3O6.C38H42BrN3O6.C34H36BrN3O5/c1-29-13-19-34(20-14-29)44(3,4)42(52)47-38(25-31-15-21-35(22-16-31)45(5,6)43(53)55-28-33-11-9-8-10-12-33)40(50)48-39-30(2)37(46)27-49(41(39)51)26-32-17-23-36(54-7)24-18-32;1-23-8-14-27(15-9-23)37(3,4)35(45)40-31(20-25-10-16-28(17-11-25)38(5,6)36(46)47)33(43)41-32-24(2)30(39)22-42(34(32)44)21-26-12-18-29(48-7)19-13-26;1-22-28(35)20-38(19-24-12-16-27(42-4)17-13-24)32(40)30(22)37-31(39)29(36)18-23-10-14-26(15-11-23)34(2,3)33(41)43-21-25-8-6-5-7-9-25/h8-24,27,38H,25-26,28H2,1-7H3,(H,47,52)(H,48,50);8-19,22,31H,20-21H2,1-7H3,(H,40,45)(H,41,43)(H,46,47);5-17,20,29H,18-19,21,36H2,1-4H3,(H,37,39)/t38-;31-;29-/m000/s1. The zero-order chi connectivity index (χ0) is 106. The Bertz CT molecular complexity index is 7010. The summed E-state index contributed by atoms with van der Waals surface area (Å²) in [5.74, 6) is -1.82. The third kappa shape index (κ3) is 28.6. The molecule has 13 aromatic rings. The van der Waals surface area contributed by atoms with Crippen molar-refractivity contribution < 1.29 is 67.1 Å². The van der Waals surface area contributed by atoms with Crippen LogP contribution < -0.4 is 63.2 Å². The maximum Gasteiger partial charge on any atom is 0.316 e. The van der Waals surface area contributed by atoms with Gasteiger partial charge in [0, 0.05) is 44.9 Å². The molecule has 0 aliphatic carbocycles. The van der Waals surface area contributed by atoms with Gasteiger partial charge in [-0.15, -0.1) is 0 Å². The van der Waals surface area contributed by atoms with E-state index in [2.05, 4.69) is 74.4 Å². The van der Waals surface area contributed by atoms with Gasteiger partial charge in [0.05, 0.1) is 74.1 Å². The number of halogens is 3. The van der Waals surface area contributed by atoms with Gasteiger partial charge in [-0.2, -0.15) is 0 Å². The molecule has 3 aromatic heterocycles. The SMILES string of the molecule is COc1ccc(Cn2cc(Br)c(C)c(NC(=O)[C@@H](N)Cc3ccc(C(C)(C)C(=O)OCc4ccccc4)cc3)c2=O)cc1.COc1ccc(Cn2cc(Br)c(C)c(NC(=O)[C@H](Cc3ccc(C(C)(C)C(=O)O)cc3)NC(=O)C(C)(C)c3ccc(C)cc3)c2=O)cc1.COc1ccc(Cn2cc(Br)c(C)c(NC(=O)[C@H](Cc3ccc(C(C)(C)C(=O)OCc4ccccc4)cc3)NC(=O)C(C)(C)c3ccc(C)cc3)c2=O)cc1. The molecule has 0 aliphatic heterocycles. The molecule has 3 heterocycles. The summed E-state index contributed by atoms with van der Waals surface area (Å²) in [6, 6.07) is 75.2. The number of hydrogen-bond acceptors (Lipinski definition) is 17. The quantitative estimate of drug-likeness (QED) is 0.0178. The number of anilines is 3. The molecular weight excluding hydrogens is 2040 g/mol. The number of aromatic nitrogens is 3. The van der Waals surface area contributed by atoms with E-state index in [9.17, 15) is 57.8 Å². The lowest BCUT2D eigenvalue weighted by Gasteiger charge is -2.28. The maximum atomic E-state index is 14.3. The van der Waals surface area contributed by atoms with Gasteiger partial charge in [-0.3, -0.25) is 52.7 Å². The average Bonchev–Trinajstić information content (AvgIpc) is 0.800. The van der Waals surface area contributed by atoms with Crippen LogP contribution in [-0.4, -0.2) is 106 Å². The Morgan fingerprint density at radius 2 is 0.582 bits per heavy atom. The smallest absolute Gasteiger partial charge is 0.316 e. The number of hydrogen-bond donors (Lipinski definition) is 7. The number of aliphatic carboxylic acids is 1. The lowest BCUT2D eigenvalue weighted by Crippen LogP contribution is -2.51. The number of nitrogens with one attached hydrogen (secondary N) is 5. The van der Waals surface area contributed by atoms with Gasteiger partial charge in [-0.05, 0) is 283 Å². The molecule has 5 amide bonds. The summed E-state index contributed by atoms with van der Waals surface area (Å²) in [6.45, 7) is 28.1. The van der Waals surface area contributed by atoms with Crippen molar-refractivity contribution in [3.05, 3.63) is 418 Å². The first kappa shape index (κ1) is 112. The number of carboxylic acid groups (broad SMARTS) is 1. The fraction of sp³-hybridized carbons (Fsp3) is 0.291. The van der Waals surface area contributed by atoms with Crippen molar-refractivity contribution in [1.29, 1.82) is 0 Å². The molecule has 0 spiro atoms. The average molecular weight is 2170 g/mol. The highest BCUT2D eigenvalue weighted by atomic mass is 79.9. The highest BCUT2D eigenvalue weighted by Crippen LogP contribution is 2.34. The topological polar surface area (TPSA) is 355 Å². The zero-order valence-corrected chi connectivity index (χ0v) is 90.2. The summed E-state index contributed by atoms with van der Waals surface area (Å²) >= 11 is 10.6. The molecule has 13 rings (SSSR count). The van der Waals surface area contributed by atoms with Crippen molar-refractivity contribution in [2.75, 3.05) is 37.3 Å². The van der Waals surface area contributed by atoms with Gasteiger partial charge in [0.15, 0.2) is 0 Å². The number of methoxy groups -OCH3 is 3. The van der Waals surface area contributed by atoms with E-state index in [4.69, 9.17) is 29.4 Å². The maximum absolute atomic E-state index is 14.3. The molecule has 762 valence electrons. The van der Waals surface area contributed by atoms with Crippen LogP contribution in [0.4, 0.5) is 17.1 Å². The fourth-order valence-electron chi connectivity index (χ4n) is 15.8. The summed E-state index contributed by atoms with van der Waals surface area (Å²) in [7, 11) is 4.77. The number of pyridine rings is 3. The van der Waals surface area contributed by atoms with Crippen molar-refractivity contribution in [3.8, 4) is 17.2 Å². The normalized spacial score (nSPS) is 12.1. The Morgan fingerprint density at radius 3 is 0.863 bits per heavy atom. The third-order valence-corrected chi connectivity index (χ3v) is 28.7. The second-order valence-electron chi connectivity index (χ2n) is 38.9. The van der Waals surface area contributed by atoms with Crippen molar-refractivity contribution in [2.45, 2.75) is 201 Å². The number of ether oxygens (including phenoxy) is 5. The van der Waals surface area contributed by atoms with Crippen molar-refractivity contribution in [1.82, 2.24) is 24.3 Å². The van der Waals surface area contributed by atoms with Crippen LogP contribution >= 0.6 is 47.8 Å². The molecule has 10 aromatic carbocycles. The second kappa shape index (κ2) is 49.5. The van der Waals surface area contributed by atoms with Gasteiger partial charge in [-0.25, -0.2) is 0 Å². The minimum atomic E-state index is -1.11. The number of carbonyl (C=O) groups is 8. The monoisotopic (exact) mass is 2170 g/mol. The first-order chi connectivity index (χ1) is 69.1. The molecule has 146 heavy (non-hydrogen) atoms. The van der Waals surface area contributed by atoms with Crippen LogP contribution in [0.1, 0.15) is 169 Å². The number of nitrogens with two attached hydrogens (primary N) is 1. The molecule has 29 heteroatoms. The van der Waals surface area contributed by atoms with Crippen LogP contribution in [0.3, 0.4) is 0 Å². The predicted octanol–water partition coefficient (Wildman–Crippen LogP) is 19.7. The van der Waals surface area contributed by atoms with Crippen molar-refractivity contribution in [3.63, 3.8) is 0 Å². The van der Waals surface area contributed by atoms with E-state index in [1.807, 2.05) is 272 Å². The molecule has 0 radical (unpaired) electrons. The van der Waals surface area contributed by atoms with Crippen LogP contribution in [0.2, 0.25) is 0 Å². The number of benzene rings is 10. The molecule has 3 atom stereocenters. The van der Waals surface area contributed by atoms with Crippen LogP contribution in [-0.2, 0) is 127 Å². The minimum absolute atomic E-state index is 0.0958. The van der Waals surface area contributed by atoms with Gasteiger partial charge >= 0.3 is 17.9 Å². The summed E-state index contributed by atoms with van der Waals surface area (Å²) in [6.07, 6.45) is 5.55. The number of aryl methyl sites for hydroxylation is 2. The Kier molecular flexibility index (Phi) is 37.9. The summed E-state index contributed by atoms with van der Waals surface area (Å²) in [4.78, 5) is 148. The van der Waals surface area contributed by atoms with E-state index in [1.54, 1.807) is 126 Å². The lowest BCUT2D eigenvalue weighted by atomic mass is 9.82. The largest absolute Gasteiger partial charge is 0.497 e. The molecule has 0 unspecified atom stereocenters. The Labute approximate surface area is 877 Å². The number of carboxylic acids is 1. The molecule has 0 bridgehead atoms.